The van der Waals surface area contributed by atoms with Crippen molar-refractivity contribution in [2.75, 3.05) is 11.5 Å². The van der Waals surface area contributed by atoms with Crippen molar-refractivity contribution >= 4 is 20.0 Å². The Bertz CT molecular complexity index is 259. The molecule has 0 aromatic heterocycles. The zero-order chi connectivity index (χ0) is 10.4. The Kier molecular flexibility index (Phi) is 6.53. The molecule has 0 rings (SSSR count). The lowest BCUT2D eigenvalue weighted by atomic mass is 11.0. The number of hydrogen-bond donors (Lipinski definition) is 2. The monoisotopic (exact) mass is 218 g/mol. The van der Waals surface area contributed by atoms with Gasteiger partial charge < -0.3 is 0 Å². The Morgan fingerprint density at radius 1 is 0.833 bits per heavy atom. The number of rotatable bonds is 2. The molecule has 0 aliphatic rings. The van der Waals surface area contributed by atoms with Crippen LogP contribution in [-0.2, 0) is 20.0 Å². The number of sulfonamides is 2. The Balaban J connectivity index is 0. The first-order valence-corrected chi connectivity index (χ1v) is 6.56. The second-order valence-electron chi connectivity index (χ2n) is 1.90. The lowest BCUT2D eigenvalue weighted by Crippen LogP contribution is -2.13. The van der Waals surface area contributed by atoms with Crippen molar-refractivity contribution in [3.63, 3.8) is 0 Å². The molecule has 76 valence electrons. The zero-order valence-corrected chi connectivity index (χ0v) is 8.65. The summed E-state index contributed by atoms with van der Waals surface area (Å²) >= 11 is 0. The quantitative estimate of drug-likeness (QED) is 0.591. The maximum Gasteiger partial charge on any atom is 0.208 e. The normalized spacial score (nSPS) is 11.7. The smallest absolute Gasteiger partial charge is 0.208 e. The molecule has 0 aliphatic heterocycles. The fraction of sp³-hybridized carbons (Fsp3) is 1.00. The summed E-state index contributed by atoms with van der Waals surface area (Å²) in [6.45, 7) is 2.99. The van der Waals surface area contributed by atoms with Crippen molar-refractivity contribution in [3.8, 4) is 0 Å². The van der Waals surface area contributed by atoms with Gasteiger partial charge in [0.15, 0.2) is 0 Å². The average Bonchev–Trinajstić information content (AvgIpc) is 1.86. The highest BCUT2D eigenvalue weighted by Gasteiger charge is 1.91. The van der Waals surface area contributed by atoms with Crippen LogP contribution in [0.1, 0.15) is 13.8 Å². The van der Waals surface area contributed by atoms with Crippen molar-refractivity contribution in [1.82, 2.24) is 0 Å². The van der Waals surface area contributed by atoms with Crippen LogP contribution in [0.2, 0.25) is 0 Å². The van der Waals surface area contributed by atoms with Crippen LogP contribution < -0.4 is 10.3 Å². The van der Waals surface area contributed by atoms with E-state index in [0.29, 0.717) is 0 Å². The molecule has 0 radical (unpaired) electrons. The van der Waals surface area contributed by atoms with E-state index in [1.54, 1.807) is 0 Å². The first kappa shape index (κ1) is 14.3. The Labute approximate surface area is 73.0 Å². The fourth-order valence-corrected chi connectivity index (χ4v) is 0. The van der Waals surface area contributed by atoms with Gasteiger partial charge in [-0.05, 0) is 13.8 Å². The number of nitrogens with two attached hydrogens (primary N) is 2. The van der Waals surface area contributed by atoms with Gasteiger partial charge in [-0.2, -0.15) is 0 Å². The Hall–Kier alpha value is -0.180. The van der Waals surface area contributed by atoms with E-state index in [0.717, 1.165) is 0 Å². The molecule has 0 aliphatic carbocycles. The number of hydrogen-bond acceptors (Lipinski definition) is 4. The van der Waals surface area contributed by atoms with Crippen LogP contribution in [0.3, 0.4) is 0 Å². The van der Waals surface area contributed by atoms with Crippen LogP contribution in [-0.4, -0.2) is 28.3 Å². The van der Waals surface area contributed by atoms with Crippen LogP contribution in [0.5, 0.6) is 0 Å². The first-order chi connectivity index (χ1) is 5.12. The van der Waals surface area contributed by atoms with Gasteiger partial charge in [0.1, 0.15) is 0 Å². The van der Waals surface area contributed by atoms with E-state index in [9.17, 15) is 16.8 Å². The molecule has 4 N–H and O–H groups in total. The van der Waals surface area contributed by atoms with Gasteiger partial charge in [0.05, 0.1) is 11.5 Å². The van der Waals surface area contributed by atoms with Crippen molar-refractivity contribution in [2.24, 2.45) is 10.3 Å². The molecular formula is C4H14N2O4S2. The molecule has 0 heterocycles. The van der Waals surface area contributed by atoms with E-state index in [-0.39, 0.29) is 11.5 Å². The van der Waals surface area contributed by atoms with Gasteiger partial charge in [0.2, 0.25) is 20.0 Å². The molecule has 0 spiro atoms. The lowest BCUT2D eigenvalue weighted by molar-refractivity contribution is 0.597. The molecule has 8 heteroatoms. The van der Waals surface area contributed by atoms with Gasteiger partial charge in [0.25, 0.3) is 0 Å². The summed E-state index contributed by atoms with van der Waals surface area (Å²) in [7, 11) is -6.32. The molecule has 0 saturated heterocycles. The highest BCUT2D eigenvalue weighted by atomic mass is 32.2. The minimum absolute atomic E-state index is 0.0208. The van der Waals surface area contributed by atoms with E-state index in [4.69, 9.17) is 0 Å². The topological polar surface area (TPSA) is 120 Å². The van der Waals surface area contributed by atoms with Gasteiger partial charge in [0, 0.05) is 0 Å². The molecule has 0 atom stereocenters. The molecular weight excluding hydrogens is 204 g/mol. The van der Waals surface area contributed by atoms with Crippen molar-refractivity contribution in [3.05, 3.63) is 0 Å². The summed E-state index contributed by atoms with van der Waals surface area (Å²) in [5.74, 6) is 0.0417. The maximum absolute atomic E-state index is 9.78. The predicted octanol–water partition coefficient (Wildman–Crippen LogP) is -1.41. The van der Waals surface area contributed by atoms with Crippen LogP contribution in [0.4, 0.5) is 0 Å². The second kappa shape index (κ2) is 5.46. The average molecular weight is 218 g/mol. The van der Waals surface area contributed by atoms with Crippen LogP contribution in [0.25, 0.3) is 0 Å². The summed E-state index contributed by atoms with van der Waals surface area (Å²) in [6, 6.07) is 0. The molecule has 0 bridgehead atoms. The molecule has 0 amide bonds. The molecule has 0 aromatic rings. The minimum Gasteiger partial charge on any atom is -0.229 e. The minimum atomic E-state index is -3.16. The van der Waals surface area contributed by atoms with Gasteiger partial charge in [-0.25, -0.2) is 27.1 Å². The molecule has 0 fully saturated rings. The third-order valence-electron chi connectivity index (χ3n) is 0.805. The molecule has 0 aromatic carbocycles. The van der Waals surface area contributed by atoms with Crippen LogP contribution >= 0.6 is 0 Å². The second-order valence-corrected chi connectivity index (χ2v) is 5.71. The maximum atomic E-state index is 9.78. The van der Waals surface area contributed by atoms with Crippen molar-refractivity contribution < 1.29 is 16.8 Å². The van der Waals surface area contributed by atoms with E-state index in [1.807, 2.05) is 0 Å². The van der Waals surface area contributed by atoms with Crippen molar-refractivity contribution in [2.45, 2.75) is 13.8 Å². The van der Waals surface area contributed by atoms with Gasteiger partial charge >= 0.3 is 0 Å². The third-order valence-corrected chi connectivity index (χ3v) is 2.41. The molecule has 0 unspecified atom stereocenters. The Morgan fingerprint density at radius 2 is 0.917 bits per heavy atom. The molecule has 6 nitrogen and oxygen atoms in total. The molecule has 12 heavy (non-hydrogen) atoms. The van der Waals surface area contributed by atoms with E-state index < -0.39 is 20.0 Å². The third kappa shape index (κ3) is 22.6. The predicted molar refractivity (Wildman–Crippen MR) is 47.3 cm³/mol. The standard InChI is InChI=1S/2C2H7NO2S/c2*1-2-6(3,4)5/h2*2H2,1H3,(H2,3,4,5). The highest BCUT2D eigenvalue weighted by Crippen LogP contribution is 1.69. The van der Waals surface area contributed by atoms with E-state index >= 15 is 0 Å². The van der Waals surface area contributed by atoms with Crippen LogP contribution in [0, 0.1) is 0 Å². The van der Waals surface area contributed by atoms with Crippen molar-refractivity contribution in [1.29, 1.82) is 0 Å². The van der Waals surface area contributed by atoms with Gasteiger partial charge in [-0.3, -0.25) is 0 Å². The first-order valence-electron chi connectivity index (χ1n) is 3.13. The van der Waals surface area contributed by atoms with Crippen LogP contribution in [0.15, 0.2) is 0 Å². The van der Waals surface area contributed by atoms with E-state index in [2.05, 4.69) is 10.3 Å². The highest BCUT2D eigenvalue weighted by molar-refractivity contribution is 7.89. The summed E-state index contributed by atoms with van der Waals surface area (Å²) < 4.78 is 39.1. The fourth-order valence-electron chi connectivity index (χ4n) is 0. The zero-order valence-electron chi connectivity index (χ0n) is 7.02. The molecule has 0 saturated carbocycles. The summed E-state index contributed by atoms with van der Waals surface area (Å²) in [6.07, 6.45) is 0. The lowest BCUT2D eigenvalue weighted by Gasteiger charge is -1.81. The SMILES string of the molecule is CCS(N)(=O)=O.CCS(N)(=O)=O. The Morgan fingerprint density at radius 3 is 0.917 bits per heavy atom. The van der Waals surface area contributed by atoms with Gasteiger partial charge in [-0.1, -0.05) is 0 Å². The summed E-state index contributed by atoms with van der Waals surface area (Å²) in [5, 5.41) is 9.01. The summed E-state index contributed by atoms with van der Waals surface area (Å²) in [4.78, 5) is 0. The van der Waals surface area contributed by atoms with Gasteiger partial charge in [-0.15, -0.1) is 0 Å². The van der Waals surface area contributed by atoms with E-state index in [1.165, 1.54) is 13.8 Å². The largest absolute Gasteiger partial charge is 0.229 e. The summed E-state index contributed by atoms with van der Waals surface area (Å²) in [5.41, 5.74) is 0. The number of primary sulfonamides is 2.